The third kappa shape index (κ3) is 4.00. The summed E-state index contributed by atoms with van der Waals surface area (Å²) in [6.07, 6.45) is -5.22. The van der Waals surface area contributed by atoms with Gasteiger partial charge in [0.15, 0.2) is 4.98 Å². The van der Waals surface area contributed by atoms with Gasteiger partial charge in [-0.2, -0.15) is 13.2 Å². The van der Waals surface area contributed by atoms with E-state index in [1.54, 1.807) is 0 Å². The average Bonchev–Trinajstić information content (AvgIpc) is 2.17. The molecule has 0 aromatic carbocycles. The van der Waals surface area contributed by atoms with Gasteiger partial charge in [0.2, 0.25) is 5.39 Å². The third-order valence-electron chi connectivity index (χ3n) is 1.43. The summed E-state index contributed by atoms with van der Waals surface area (Å²) in [5.74, 6) is -2.31. The van der Waals surface area contributed by atoms with Crippen molar-refractivity contribution in [3.63, 3.8) is 0 Å². The molecule has 0 aliphatic rings. The number of halogens is 3. The van der Waals surface area contributed by atoms with Crippen LogP contribution in [-0.2, 0) is 13.6 Å². The molecule has 0 bridgehead atoms. The van der Waals surface area contributed by atoms with E-state index in [4.69, 9.17) is 10.5 Å². The van der Waals surface area contributed by atoms with Crippen molar-refractivity contribution in [2.75, 3.05) is 13.2 Å². The molecule has 0 saturated heterocycles. The fourth-order valence-corrected chi connectivity index (χ4v) is 2.35. The van der Waals surface area contributed by atoms with Crippen LogP contribution in [0.3, 0.4) is 0 Å². The summed E-state index contributed by atoms with van der Waals surface area (Å²) in [4.78, 5) is 2.16. The van der Waals surface area contributed by atoms with E-state index in [-0.39, 0.29) is 13.2 Å². The lowest BCUT2D eigenvalue weighted by Gasteiger charge is -2.11. The number of hydrogen-bond acceptors (Lipinski definition) is 5. The molecule has 17 heavy (non-hydrogen) atoms. The minimum Gasteiger partial charge on any atom is -0.498 e. The summed E-state index contributed by atoms with van der Waals surface area (Å²) in [5, 5.41) is 17.2. The number of alkyl halides is 3. The lowest BCUT2D eigenvalue weighted by atomic mass is 10.5. The van der Waals surface area contributed by atoms with E-state index >= 15 is 0 Å². The SMILES string of the molecule is CCOP(=O)(OCC)/C([N+]#N)=C(\O)C(F)(F)F. The molecule has 0 amide bonds. The summed E-state index contributed by atoms with van der Waals surface area (Å²) < 4.78 is 57.4. The summed E-state index contributed by atoms with van der Waals surface area (Å²) >= 11 is 0. The van der Waals surface area contributed by atoms with Crippen LogP contribution in [0.2, 0.25) is 0 Å². The number of allylic oxidation sites excluding steroid dienone is 1. The topological polar surface area (TPSA) is 83.9 Å². The van der Waals surface area contributed by atoms with Gasteiger partial charge in [-0.1, -0.05) is 0 Å². The van der Waals surface area contributed by atoms with Crippen LogP contribution < -0.4 is 0 Å². The van der Waals surface area contributed by atoms with Crippen LogP contribution in [0.25, 0.3) is 4.98 Å². The number of aliphatic hydroxyl groups excluding tert-OH is 1. The molecule has 0 spiro atoms. The van der Waals surface area contributed by atoms with Crippen molar-refractivity contribution < 1.29 is 31.9 Å². The van der Waals surface area contributed by atoms with Crippen LogP contribution in [0, 0.1) is 5.39 Å². The summed E-state index contributed by atoms with van der Waals surface area (Å²) in [7, 11) is -4.49. The van der Waals surface area contributed by atoms with E-state index < -0.39 is 25.0 Å². The molecule has 10 heteroatoms. The molecule has 0 heterocycles. The first-order chi connectivity index (χ1) is 7.72. The first kappa shape index (κ1) is 15.9. The highest BCUT2D eigenvalue weighted by molar-refractivity contribution is 7.58. The highest BCUT2D eigenvalue weighted by atomic mass is 31.2. The van der Waals surface area contributed by atoms with Gasteiger partial charge < -0.3 is 14.2 Å². The molecule has 0 aliphatic carbocycles. The van der Waals surface area contributed by atoms with Gasteiger partial charge in [0, 0.05) is 0 Å². The van der Waals surface area contributed by atoms with E-state index in [1.165, 1.54) is 13.8 Å². The Morgan fingerprint density at radius 2 is 1.76 bits per heavy atom. The van der Waals surface area contributed by atoms with E-state index in [1.807, 2.05) is 0 Å². The molecule has 98 valence electrons. The van der Waals surface area contributed by atoms with E-state index in [2.05, 4.69) is 14.0 Å². The highest BCUT2D eigenvalue weighted by Crippen LogP contribution is 2.58. The maximum Gasteiger partial charge on any atom is 0.516 e. The second-order valence-corrected chi connectivity index (χ2v) is 4.54. The monoisotopic (exact) mass is 275 g/mol. The van der Waals surface area contributed by atoms with Gasteiger partial charge in [0.25, 0.3) is 0 Å². The third-order valence-corrected chi connectivity index (χ3v) is 3.45. The molecule has 0 saturated carbocycles. The molecule has 0 unspecified atom stereocenters. The minimum atomic E-state index is -5.22. The van der Waals surface area contributed by atoms with Crippen molar-refractivity contribution in [2.45, 2.75) is 20.0 Å². The zero-order valence-electron chi connectivity index (χ0n) is 9.06. The molecular weight excluding hydrogens is 264 g/mol. The Labute approximate surface area is 95.2 Å². The second-order valence-electron chi connectivity index (χ2n) is 2.60. The Kier molecular flexibility index (Phi) is 5.61. The maximum atomic E-state index is 12.2. The normalized spacial score (nSPS) is 14.1. The molecule has 0 aromatic heterocycles. The smallest absolute Gasteiger partial charge is 0.498 e. The first-order valence-corrected chi connectivity index (χ1v) is 6.02. The molecule has 0 atom stereocenters. The molecule has 6 nitrogen and oxygen atoms in total. The summed E-state index contributed by atoms with van der Waals surface area (Å²) in [6.45, 7) is 2.21. The van der Waals surface area contributed by atoms with Crippen LogP contribution in [0.15, 0.2) is 11.2 Å². The van der Waals surface area contributed by atoms with Gasteiger partial charge >= 0.3 is 25.0 Å². The quantitative estimate of drug-likeness (QED) is 0.472. The van der Waals surface area contributed by atoms with Crippen molar-refractivity contribution >= 4 is 7.60 Å². The van der Waals surface area contributed by atoms with Crippen molar-refractivity contribution in [2.24, 2.45) is 0 Å². The van der Waals surface area contributed by atoms with Crippen molar-refractivity contribution in [3.05, 3.63) is 16.2 Å². The van der Waals surface area contributed by atoms with Gasteiger partial charge in [-0.3, -0.25) is 0 Å². The van der Waals surface area contributed by atoms with E-state index in [9.17, 15) is 17.7 Å². The Morgan fingerprint density at radius 1 is 1.35 bits per heavy atom. The number of rotatable bonds is 5. The maximum absolute atomic E-state index is 12.2. The molecule has 0 rings (SSSR count). The molecule has 0 fully saturated rings. The van der Waals surface area contributed by atoms with Gasteiger partial charge in [0.05, 0.1) is 13.2 Å². The zero-order chi connectivity index (χ0) is 13.7. The molecule has 1 N–H and O–H groups in total. The number of hydrogen-bond donors (Lipinski definition) is 1. The molecular formula is C7H11F3N2O4P+. The minimum absolute atomic E-state index is 0.249. The van der Waals surface area contributed by atoms with Crippen LogP contribution in [0.4, 0.5) is 13.2 Å². The predicted molar refractivity (Wildman–Crippen MR) is 51.7 cm³/mol. The zero-order valence-corrected chi connectivity index (χ0v) is 9.96. The lowest BCUT2D eigenvalue weighted by Crippen LogP contribution is -2.14. The lowest BCUT2D eigenvalue weighted by molar-refractivity contribution is -0.121. The van der Waals surface area contributed by atoms with E-state index in [0.717, 1.165) is 0 Å². The van der Waals surface area contributed by atoms with Crippen LogP contribution in [0.1, 0.15) is 13.8 Å². The molecule has 0 aromatic rings. The van der Waals surface area contributed by atoms with Gasteiger partial charge in [0.1, 0.15) is 0 Å². The van der Waals surface area contributed by atoms with Gasteiger partial charge in [-0.25, -0.2) is 4.57 Å². The standard InChI is InChI=1S/C7H10F3N2O4P/c1-3-15-17(14,16-4-2)6(12-11)5(13)7(8,9)10/h3-4H2,1-2H3/p+1. The predicted octanol–water partition coefficient (Wildman–Crippen LogP) is 3.39. The fraction of sp³-hybridized carbons (Fsp3) is 0.714. The fourth-order valence-electron chi connectivity index (χ4n) is 0.858. The molecule has 0 radical (unpaired) electrons. The summed E-state index contributed by atoms with van der Waals surface area (Å²) in [6, 6.07) is 0. The first-order valence-electron chi connectivity index (χ1n) is 4.48. The Bertz CT molecular complexity index is 378. The van der Waals surface area contributed by atoms with Crippen molar-refractivity contribution in [1.29, 1.82) is 5.39 Å². The second kappa shape index (κ2) is 6.00. The number of aliphatic hydroxyl groups is 1. The largest absolute Gasteiger partial charge is 0.516 e. The van der Waals surface area contributed by atoms with E-state index in [0.29, 0.717) is 0 Å². The number of nitrogens with zero attached hydrogens (tertiary/aromatic N) is 2. The van der Waals surface area contributed by atoms with Gasteiger partial charge in [-0.05, 0) is 13.8 Å². The Hall–Kier alpha value is -1.10. The van der Waals surface area contributed by atoms with Crippen molar-refractivity contribution in [1.82, 2.24) is 0 Å². The highest BCUT2D eigenvalue weighted by Gasteiger charge is 2.53. The van der Waals surface area contributed by atoms with Crippen LogP contribution >= 0.6 is 7.60 Å². The van der Waals surface area contributed by atoms with Crippen molar-refractivity contribution in [3.8, 4) is 0 Å². The molecule has 0 aliphatic heterocycles. The Balaban J connectivity index is 5.65. The average molecular weight is 275 g/mol. The van der Waals surface area contributed by atoms with Crippen LogP contribution in [0.5, 0.6) is 0 Å². The Morgan fingerprint density at radius 3 is 2.00 bits per heavy atom. The van der Waals surface area contributed by atoms with Crippen LogP contribution in [-0.4, -0.2) is 24.5 Å². The van der Waals surface area contributed by atoms with Gasteiger partial charge in [-0.15, -0.1) is 0 Å². The summed E-state index contributed by atoms with van der Waals surface area (Å²) in [5.41, 5.74) is -1.56. The number of diazo groups is 1.